The molecule has 0 radical (unpaired) electrons. The number of imidazole rings is 1. The predicted octanol–water partition coefficient (Wildman–Crippen LogP) is 2.57. The van der Waals surface area contributed by atoms with Gasteiger partial charge in [0.05, 0.1) is 11.8 Å². The maximum atomic E-state index is 4.19. The molecule has 2 aromatic heterocycles. The quantitative estimate of drug-likeness (QED) is 0.719. The minimum absolute atomic E-state index is 0.755. The van der Waals surface area contributed by atoms with E-state index in [1.54, 1.807) is 12.5 Å². The van der Waals surface area contributed by atoms with Crippen molar-refractivity contribution >= 4 is 16.9 Å². The number of para-hydroxylation sites is 1. The molecular weight excluding hydrogens is 212 g/mol. The number of benzene rings is 1. The zero-order valence-corrected chi connectivity index (χ0v) is 9.22. The molecular formula is C13H12N4. The van der Waals surface area contributed by atoms with Gasteiger partial charge in [-0.05, 0) is 18.2 Å². The smallest absolute Gasteiger partial charge is 0.177 e. The molecule has 3 rings (SSSR count). The molecule has 2 heterocycles. The molecule has 4 nitrogen and oxygen atoms in total. The summed E-state index contributed by atoms with van der Waals surface area (Å²) >= 11 is 0. The summed E-state index contributed by atoms with van der Waals surface area (Å²) < 4.78 is 0. The zero-order chi connectivity index (χ0) is 11.5. The highest BCUT2D eigenvalue weighted by atomic mass is 15.0. The monoisotopic (exact) mass is 224 g/mol. The van der Waals surface area contributed by atoms with Crippen LogP contribution in [0.4, 0.5) is 5.69 Å². The van der Waals surface area contributed by atoms with Crippen molar-refractivity contribution in [2.45, 2.75) is 6.54 Å². The van der Waals surface area contributed by atoms with Crippen LogP contribution >= 0.6 is 0 Å². The molecule has 0 aliphatic heterocycles. The number of nitrogens with one attached hydrogen (secondary N) is 2. The van der Waals surface area contributed by atoms with Crippen molar-refractivity contribution in [2.24, 2.45) is 0 Å². The number of H-pyrrole nitrogens is 1. The van der Waals surface area contributed by atoms with Crippen LogP contribution in [-0.4, -0.2) is 15.0 Å². The van der Waals surface area contributed by atoms with Crippen LogP contribution in [0.5, 0.6) is 0 Å². The zero-order valence-electron chi connectivity index (χ0n) is 9.22. The Hall–Kier alpha value is -2.36. The predicted molar refractivity (Wildman–Crippen MR) is 67.7 cm³/mol. The summed E-state index contributed by atoms with van der Waals surface area (Å²) in [5.41, 5.74) is 4.03. The van der Waals surface area contributed by atoms with E-state index in [0.717, 1.165) is 29.0 Å². The fourth-order valence-corrected chi connectivity index (χ4v) is 1.80. The van der Waals surface area contributed by atoms with E-state index in [1.165, 1.54) is 0 Å². The first kappa shape index (κ1) is 9.84. The molecule has 0 unspecified atom stereocenters. The van der Waals surface area contributed by atoms with Crippen LogP contribution in [0.1, 0.15) is 5.56 Å². The lowest BCUT2D eigenvalue weighted by Gasteiger charge is -2.06. The second-order valence-corrected chi connectivity index (χ2v) is 3.79. The first-order valence-corrected chi connectivity index (χ1v) is 5.49. The Morgan fingerprint density at radius 2 is 1.94 bits per heavy atom. The Balaban J connectivity index is 1.84. The first-order valence-electron chi connectivity index (χ1n) is 5.49. The lowest BCUT2D eigenvalue weighted by Crippen LogP contribution is -2.00. The molecule has 0 atom stereocenters. The number of aromatic nitrogens is 3. The third kappa shape index (κ3) is 1.97. The highest BCUT2D eigenvalue weighted by molar-refractivity contribution is 5.74. The summed E-state index contributed by atoms with van der Waals surface area (Å²) in [4.78, 5) is 11.4. The van der Waals surface area contributed by atoms with Gasteiger partial charge in [-0.15, -0.1) is 0 Å². The molecule has 0 bridgehead atoms. The van der Waals surface area contributed by atoms with E-state index >= 15 is 0 Å². The molecule has 0 fully saturated rings. The summed E-state index contributed by atoms with van der Waals surface area (Å²) in [5.74, 6) is 0. The molecule has 3 aromatic rings. The van der Waals surface area contributed by atoms with E-state index in [2.05, 4.69) is 20.3 Å². The Kier molecular flexibility index (Phi) is 2.46. The van der Waals surface area contributed by atoms with Crippen molar-refractivity contribution in [1.82, 2.24) is 15.0 Å². The maximum absolute atomic E-state index is 4.19. The van der Waals surface area contributed by atoms with Crippen molar-refractivity contribution in [3.8, 4) is 0 Å². The molecule has 0 aliphatic rings. The van der Waals surface area contributed by atoms with Gasteiger partial charge in [-0.25, -0.2) is 9.97 Å². The number of anilines is 1. The van der Waals surface area contributed by atoms with Gasteiger partial charge in [-0.1, -0.05) is 18.2 Å². The first-order chi connectivity index (χ1) is 8.43. The maximum Gasteiger partial charge on any atom is 0.177 e. The van der Waals surface area contributed by atoms with Gasteiger partial charge in [0.2, 0.25) is 0 Å². The number of pyridine rings is 1. The van der Waals surface area contributed by atoms with Gasteiger partial charge in [0.15, 0.2) is 5.65 Å². The van der Waals surface area contributed by atoms with E-state index in [1.807, 2.05) is 36.4 Å². The van der Waals surface area contributed by atoms with Gasteiger partial charge >= 0.3 is 0 Å². The van der Waals surface area contributed by atoms with Crippen LogP contribution in [0.3, 0.4) is 0 Å². The van der Waals surface area contributed by atoms with Gasteiger partial charge in [0.25, 0.3) is 0 Å². The van der Waals surface area contributed by atoms with Gasteiger partial charge in [0.1, 0.15) is 0 Å². The van der Waals surface area contributed by atoms with Gasteiger partial charge in [-0.3, -0.25) is 0 Å². The minimum Gasteiger partial charge on any atom is -0.381 e. The SMILES string of the molecule is c1ccc(NCc2ccnc3nc[nH]c23)cc1. The topological polar surface area (TPSA) is 53.6 Å². The van der Waals surface area contributed by atoms with Crippen molar-refractivity contribution < 1.29 is 0 Å². The van der Waals surface area contributed by atoms with Crippen LogP contribution in [0.25, 0.3) is 11.2 Å². The second-order valence-electron chi connectivity index (χ2n) is 3.79. The van der Waals surface area contributed by atoms with E-state index < -0.39 is 0 Å². The molecule has 17 heavy (non-hydrogen) atoms. The van der Waals surface area contributed by atoms with Crippen molar-refractivity contribution in [2.75, 3.05) is 5.32 Å². The van der Waals surface area contributed by atoms with Crippen LogP contribution in [0.15, 0.2) is 48.9 Å². The summed E-state index contributed by atoms with van der Waals surface area (Å²) in [6.45, 7) is 0.755. The summed E-state index contributed by atoms with van der Waals surface area (Å²) in [5, 5.41) is 3.37. The Morgan fingerprint density at radius 1 is 1.06 bits per heavy atom. The Bertz CT molecular complexity index is 615. The third-order valence-corrected chi connectivity index (χ3v) is 2.67. The fourth-order valence-electron chi connectivity index (χ4n) is 1.80. The average Bonchev–Trinajstić information content (AvgIpc) is 2.86. The lowest BCUT2D eigenvalue weighted by molar-refractivity contribution is 1.15. The van der Waals surface area contributed by atoms with Gasteiger partial charge in [0, 0.05) is 24.0 Å². The fraction of sp³-hybridized carbons (Fsp3) is 0.0769. The van der Waals surface area contributed by atoms with E-state index in [9.17, 15) is 0 Å². The lowest BCUT2D eigenvalue weighted by atomic mass is 10.2. The molecule has 2 N–H and O–H groups in total. The summed E-state index contributed by atoms with van der Waals surface area (Å²) in [7, 11) is 0. The van der Waals surface area contributed by atoms with E-state index in [4.69, 9.17) is 0 Å². The van der Waals surface area contributed by atoms with Gasteiger partial charge < -0.3 is 10.3 Å². The minimum atomic E-state index is 0.755. The number of rotatable bonds is 3. The third-order valence-electron chi connectivity index (χ3n) is 2.67. The number of aromatic amines is 1. The largest absolute Gasteiger partial charge is 0.381 e. The van der Waals surface area contributed by atoms with Crippen molar-refractivity contribution in [1.29, 1.82) is 0 Å². The van der Waals surface area contributed by atoms with Crippen LogP contribution in [0.2, 0.25) is 0 Å². The molecule has 1 aromatic carbocycles. The molecule has 4 heteroatoms. The normalized spacial score (nSPS) is 10.6. The average molecular weight is 224 g/mol. The molecule has 84 valence electrons. The standard InChI is InChI=1S/C13H12N4/c1-2-4-11(5-3-1)15-8-10-6-7-14-13-12(10)16-9-17-13/h1-7,9,15H,8H2,(H,14,16,17). The number of hydrogen-bond donors (Lipinski definition) is 2. The van der Waals surface area contributed by atoms with E-state index in [0.29, 0.717) is 0 Å². The molecule has 0 saturated carbocycles. The second kappa shape index (κ2) is 4.25. The highest BCUT2D eigenvalue weighted by Gasteiger charge is 2.03. The van der Waals surface area contributed by atoms with Gasteiger partial charge in [-0.2, -0.15) is 0 Å². The Labute approximate surface area is 98.7 Å². The number of nitrogens with zero attached hydrogens (tertiary/aromatic N) is 2. The van der Waals surface area contributed by atoms with Crippen molar-refractivity contribution in [3.05, 3.63) is 54.5 Å². The molecule has 0 aliphatic carbocycles. The summed E-state index contributed by atoms with van der Waals surface area (Å²) in [6.07, 6.45) is 3.45. The van der Waals surface area contributed by atoms with Crippen molar-refractivity contribution in [3.63, 3.8) is 0 Å². The summed E-state index contributed by atoms with van der Waals surface area (Å²) in [6, 6.07) is 12.1. The number of hydrogen-bond acceptors (Lipinski definition) is 3. The highest BCUT2D eigenvalue weighted by Crippen LogP contribution is 2.14. The molecule has 0 spiro atoms. The Morgan fingerprint density at radius 3 is 2.82 bits per heavy atom. The molecule has 0 saturated heterocycles. The van der Waals surface area contributed by atoms with Crippen LogP contribution in [-0.2, 0) is 6.54 Å². The number of fused-ring (bicyclic) bond motifs is 1. The van der Waals surface area contributed by atoms with Crippen LogP contribution < -0.4 is 5.32 Å². The van der Waals surface area contributed by atoms with E-state index in [-0.39, 0.29) is 0 Å². The molecule has 0 amide bonds. The van der Waals surface area contributed by atoms with Crippen LogP contribution in [0, 0.1) is 0 Å².